The number of H-pyrrole nitrogens is 1. The highest BCUT2D eigenvalue weighted by Gasteiger charge is 2.26. The minimum Gasteiger partial charge on any atom is -0.308 e. The molecular weight excluding hydrogens is 242 g/mol. The van der Waals surface area contributed by atoms with Gasteiger partial charge >= 0.3 is 4.87 Å². The molecule has 0 atom stereocenters. The zero-order valence-corrected chi connectivity index (χ0v) is 9.53. The van der Waals surface area contributed by atoms with Crippen LogP contribution in [-0.4, -0.2) is 25.7 Å². The van der Waals surface area contributed by atoms with Crippen molar-refractivity contribution in [1.82, 2.24) is 19.7 Å². The molecule has 7 nitrogen and oxygen atoms in total. The highest BCUT2D eigenvalue weighted by Crippen LogP contribution is 2.36. The summed E-state index contributed by atoms with van der Waals surface area (Å²) in [5.74, 6) is 0.0443. The molecule has 1 aliphatic carbocycles. The van der Waals surface area contributed by atoms with Gasteiger partial charge in [0.1, 0.15) is 12.0 Å². The van der Waals surface area contributed by atoms with Crippen LogP contribution in [-0.2, 0) is 0 Å². The van der Waals surface area contributed by atoms with Crippen molar-refractivity contribution < 1.29 is 4.79 Å². The van der Waals surface area contributed by atoms with E-state index in [0.717, 1.165) is 24.2 Å². The number of amides is 1. The fourth-order valence-corrected chi connectivity index (χ4v) is 2.07. The van der Waals surface area contributed by atoms with E-state index in [-0.39, 0.29) is 16.5 Å². The molecule has 1 amide bonds. The van der Waals surface area contributed by atoms with Crippen LogP contribution in [0.1, 0.15) is 29.4 Å². The van der Waals surface area contributed by atoms with Gasteiger partial charge in [-0.15, -0.1) is 10.2 Å². The number of thiazole rings is 1. The van der Waals surface area contributed by atoms with E-state index >= 15 is 0 Å². The minimum absolute atomic E-state index is 0.241. The van der Waals surface area contributed by atoms with Crippen molar-refractivity contribution >= 4 is 23.2 Å². The molecule has 1 fully saturated rings. The summed E-state index contributed by atoms with van der Waals surface area (Å²) < 4.78 is 1.84. The predicted molar refractivity (Wildman–Crippen MR) is 61.2 cm³/mol. The molecule has 0 bridgehead atoms. The summed E-state index contributed by atoms with van der Waals surface area (Å²) in [6.07, 6.45) is 3.76. The summed E-state index contributed by atoms with van der Waals surface area (Å²) in [5.41, 5.74) is 0.241. The van der Waals surface area contributed by atoms with Gasteiger partial charge in [-0.1, -0.05) is 11.3 Å². The molecule has 0 aliphatic heterocycles. The lowest BCUT2D eigenvalue weighted by Crippen LogP contribution is -2.17. The van der Waals surface area contributed by atoms with Gasteiger partial charge in [-0.3, -0.25) is 19.5 Å². The molecule has 0 saturated heterocycles. The monoisotopic (exact) mass is 251 g/mol. The number of aromatic nitrogens is 4. The SMILES string of the molecule is O=C(Nc1nncn1C1CC1)c1csc(=O)[nH]1. The van der Waals surface area contributed by atoms with E-state index < -0.39 is 0 Å². The lowest BCUT2D eigenvalue weighted by molar-refractivity contribution is 0.102. The van der Waals surface area contributed by atoms with Gasteiger partial charge in [0, 0.05) is 11.4 Å². The first-order valence-electron chi connectivity index (χ1n) is 5.13. The number of aromatic amines is 1. The number of carbonyl (C=O) groups excluding carboxylic acids is 1. The topological polar surface area (TPSA) is 92.7 Å². The fraction of sp³-hybridized carbons (Fsp3) is 0.333. The average molecular weight is 251 g/mol. The van der Waals surface area contributed by atoms with E-state index in [9.17, 15) is 9.59 Å². The number of anilines is 1. The lowest BCUT2D eigenvalue weighted by atomic mass is 10.4. The van der Waals surface area contributed by atoms with Crippen LogP contribution in [0.2, 0.25) is 0 Å². The molecule has 3 rings (SSSR count). The summed E-state index contributed by atoms with van der Waals surface area (Å²) >= 11 is 0.953. The normalized spacial score (nSPS) is 14.8. The number of nitrogens with zero attached hydrogens (tertiary/aromatic N) is 3. The zero-order chi connectivity index (χ0) is 11.8. The highest BCUT2D eigenvalue weighted by molar-refractivity contribution is 7.07. The largest absolute Gasteiger partial charge is 0.308 e. The molecule has 8 heteroatoms. The van der Waals surface area contributed by atoms with Gasteiger partial charge in [0.15, 0.2) is 0 Å². The van der Waals surface area contributed by atoms with E-state index in [2.05, 4.69) is 20.5 Å². The lowest BCUT2D eigenvalue weighted by Gasteiger charge is -2.04. The molecule has 0 aromatic carbocycles. The molecule has 17 heavy (non-hydrogen) atoms. The fourth-order valence-electron chi connectivity index (χ4n) is 1.51. The maximum absolute atomic E-state index is 11.8. The van der Waals surface area contributed by atoms with Crippen LogP contribution in [0, 0.1) is 0 Å². The van der Waals surface area contributed by atoms with Gasteiger partial charge in [0.05, 0.1) is 0 Å². The van der Waals surface area contributed by atoms with E-state index in [0.29, 0.717) is 12.0 Å². The Morgan fingerprint density at radius 3 is 3.06 bits per heavy atom. The van der Waals surface area contributed by atoms with Gasteiger partial charge in [0.2, 0.25) is 5.95 Å². The highest BCUT2D eigenvalue weighted by atomic mass is 32.1. The van der Waals surface area contributed by atoms with Crippen LogP contribution in [0.5, 0.6) is 0 Å². The second-order valence-corrected chi connectivity index (χ2v) is 4.65. The second-order valence-electron chi connectivity index (χ2n) is 3.81. The third kappa shape index (κ3) is 1.98. The standard InChI is InChI=1S/C9H9N5O2S/c15-7(6-3-17-9(16)11-6)12-8-13-10-4-14(8)5-1-2-5/h3-5H,1-2H2,(H,11,16)(H,12,13,15). The van der Waals surface area contributed by atoms with Crippen LogP contribution in [0.3, 0.4) is 0 Å². The Bertz CT molecular complexity index is 609. The Kier molecular flexibility index (Phi) is 2.29. The third-order valence-corrected chi connectivity index (χ3v) is 3.17. The molecule has 2 aromatic rings. The molecule has 1 aliphatic rings. The first-order valence-corrected chi connectivity index (χ1v) is 6.00. The second kappa shape index (κ2) is 3.81. The van der Waals surface area contributed by atoms with Crippen molar-refractivity contribution in [3.8, 4) is 0 Å². The molecule has 2 N–H and O–H groups in total. The Morgan fingerprint density at radius 2 is 2.41 bits per heavy atom. The summed E-state index contributed by atoms with van der Waals surface area (Å²) in [7, 11) is 0. The summed E-state index contributed by atoms with van der Waals surface area (Å²) in [4.78, 5) is 24.9. The summed E-state index contributed by atoms with van der Waals surface area (Å²) in [6.45, 7) is 0. The van der Waals surface area contributed by atoms with Crippen molar-refractivity contribution in [1.29, 1.82) is 0 Å². The molecule has 2 heterocycles. The minimum atomic E-state index is -0.377. The van der Waals surface area contributed by atoms with Crippen LogP contribution < -0.4 is 10.2 Å². The quantitative estimate of drug-likeness (QED) is 0.836. The Morgan fingerprint density at radius 1 is 1.59 bits per heavy atom. The molecular formula is C9H9N5O2S. The number of rotatable bonds is 3. The van der Waals surface area contributed by atoms with Crippen molar-refractivity contribution in [3.63, 3.8) is 0 Å². The van der Waals surface area contributed by atoms with Crippen LogP contribution in [0.25, 0.3) is 0 Å². The number of carbonyl (C=O) groups is 1. The Labute approximate surface area is 99.5 Å². The molecule has 88 valence electrons. The van der Waals surface area contributed by atoms with Crippen molar-refractivity contribution in [2.45, 2.75) is 18.9 Å². The molecule has 1 saturated carbocycles. The van der Waals surface area contributed by atoms with Gasteiger partial charge in [-0.05, 0) is 12.8 Å². The molecule has 2 aromatic heterocycles. The van der Waals surface area contributed by atoms with Crippen LogP contribution >= 0.6 is 11.3 Å². The smallest absolute Gasteiger partial charge is 0.305 e. The van der Waals surface area contributed by atoms with E-state index in [1.807, 2.05) is 4.57 Å². The summed E-state index contributed by atoms with van der Waals surface area (Å²) in [5, 5.41) is 11.7. The number of hydrogen-bond donors (Lipinski definition) is 2. The third-order valence-electron chi connectivity index (χ3n) is 2.50. The van der Waals surface area contributed by atoms with Gasteiger partial charge in [-0.2, -0.15) is 0 Å². The van der Waals surface area contributed by atoms with Crippen LogP contribution in [0.4, 0.5) is 5.95 Å². The molecule has 0 radical (unpaired) electrons. The van der Waals surface area contributed by atoms with Gasteiger partial charge in [-0.25, -0.2) is 0 Å². The Balaban J connectivity index is 1.80. The van der Waals surface area contributed by atoms with Crippen molar-refractivity contribution in [3.05, 3.63) is 27.1 Å². The average Bonchev–Trinajstić information content (AvgIpc) is 2.89. The van der Waals surface area contributed by atoms with Gasteiger partial charge < -0.3 is 4.98 Å². The first-order chi connectivity index (χ1) is 8.24. The molecule has 0 spiro atoms. The van der Waals surface area contributed by atoms with Crippen LogP contribution in [0.15, 0.2) is 16.5 Å². The van der Waals surface area contributed by atoms with Crippen molar-refractivity contribution in [2.75, 3.05) is 5.32 Å². The van der Waals surface area contributed by atoms with E-state index in [4.69, 9.17) is 0 Å². The van der Waals surface area contributed by atoms with E-state index in [1.54, 1.807) is 6.33 Å². The Hall–Kier alpha value is -1.96. The number of hydrogen-bond acceptors (Lipinski definition) is 5. The van der Waals surface area contributed by atoms with Crippen molar-refractivity contribution in [2.24, 2.45) is 0 Å². The summed E-state index contributed by atoms with van der Waals surface area (Å²) in [6, 6.07) is 0.391. The first kappa shape index (κ1) is 10.2. The number of nitrogens with one attached hydrogen (secondary N) is 2. The molecule has 0 unspecified atom stereocenters. The maximum Gasteiger partial charge on any atom is 0.305 e. The predicted octanol–water partition coefficient (Wildman–Crippen LogP) is 0.615. The van der Waals surface area contributed by atoms with E-state index in [1.165, 1.54) is 5.38 Å². The van der Waals surface area contributed by atoms with Gasteiger partial charge in [0.25, 0.3) is 5.91 Å². The maximum atomic E-state index is 11.8. The zero-order valence-electron chi connectivity index (χ0n) is 8.71.